The number of benzene rings is 2. The largest absolute Gasteiger partial charge is 0.416 e. The lowest BCUT2D eigenvalue weighted by Crippen LogP contribution is -2.32. The summed E-state index contributed by atoms with van der Waals surface area (Å²) in [6, 6.07) is 13.2. The van der Waals surface area contributed by atoms with Gasteiger partial charge in [-0.25, -0.2) is 4.39 Å². The standard InChI is InChI=1S/C31H33F4N7/c1-4-15-41(20(3)23-9-6-10-25(32)16-23)30-40-29-27(42(30)18-21-11-13-24(14-12-21)31(33,34)35)28(38-26(17-36)39-29)37-19(2)22-7-5-8-22/h6,9-14,16,19-20,22H,4-5,7-8,15,18H2,1-3H3,(H,37,38,39)/t19-,20?/m1/s1. The van der Waals surface area contributed by atoms with Crippen molar-refractivity contribution in [1.29, 1.82) is 5.26 Å². The molecule has 1 N–H and O–H groups in total. The van der Waals surface area contributed by atoms with Crippen molar-refractivity contribution in [3.8, 4) is 6.07 Å². The summed E-state index contributed by atoms with van der Waals surface area (Å²) in [6.45, 7) is 6.80. The third-order valence-electron chi connectivity index (χ3n) is 8.05. The quantitative estimate of drug-likeness (QED) is 0.196. The molecule has 0 spiro atoms. The Labute approximate surface area is 242 Å². The van der Waals surface area contributed by atoms with E-state index in [1.807, 2.05) is 35.5 Å². The van der Waals surface area contributed by atoms with Gasteiger partial charge in [-0.2, -0.15) is 33.4 Å². The molecule has 220 valence electrons. The Morgan fingerprint density at radius 3 is 2.43 bits per heavy atom. The first-order valence-electron chi connectivity index (χ1n) is 14.2. The van der Waals surface area contributed by atoms with Gasteiger partial charge in [-0.3, -0.25) is 0 Å². The average Bonchev–Trinajstić information content (AvgIpc) is 3.27. The fourth-order valence-corrected chi connectivity index (χ4v) is 5.45. The van der Waals surface area contributed by atoms with Crippen LogP contribution in [0.3, 0.4) is 0 Å². The molecule has 0 amide bonds. The van der Waals surface area contributed by atoms with Gasteiger partial charge in [0, 0.05) is 12.6 Å². The van der Waals surface area contributed by atoms with E-state index in [0.717, 1.165) is 37.0 Å². The molecule has 0 radical (unpaired) electrons. The number of nitriles is 1. The summed E-state index contributed by atoms with van der Waals surface area (Å²) in [4.78, 5) is 15.9. The van der Waals surface area contributed by atoms with Gasteiger partial charge in [0.2, 0.25) is 11.8 Å². The lowest BCUT2D eigenvalue weighted by Gasteiger charge is -2.32. The molecule has 5 rings (SSSR count). The van der Waals surface area contributed by atoms with Crippen LogP contribution < -0.4 is 10.2 Å². The van der Waals surface area contributed by atoms with E-state index in [-0.39, 0.29) is 30.3 Å². The van der Waals surface area contributed by atoms with Crippen LogP contribution in [0.25, 0.3) is 11.2 Å². The van der Waals surface area contributed by atoms with Gasteiger partial charge in [0.15, 0.2) is 11.5 Å². The normalized spacial score (nSPS) is 15.2. The Kier molecular flexibility index (Phi) is 8.34. The van der Waals surface area contributed by atoms with E-state index in [1.54, 1.807) is 6.07 Å². The molecule has 1 unspecified atom stereocenters. The first kappa shape index (κ1) is 29.3. The van der Waals surface area contributed by atoms with Crippen molar-refractivity contribution in [3.05, 3.63) is 76.9 Å². The molecule has 0 bridgehead atoms. The second kappa shape index (κ2) is 12.0. The van der Waals surface area contributed by atoms with Gasteiger partial charge in [-0.1, -0.05) is 37.6 Å². The van der Waals surface area contributed by atoms with Gasteiger partial charge >= 0.3 is 6.18 Å². The predicted molar refractivity (Wildman–Crippen MR) is 153 cm³/mol. The van der Waals surface area contributed by atoms with E-state index in [2.05, 4.69) is 22.2 Å². The number of rotatable bonds is 10. The highest BCUT2D eigenvalue weighted by atomic mass is 19.4. The van der Waals surface area contributed by atoms with Crippen LogP contribution in [0.5, 0.6) is 0 Å². The summed E-state index contributed by atoms with van der Waals surface area (Å²) in [5, 5.41) is 13.2. The Balaban J connectivity index is 1.67. The minimum atomic E-state index is -4.44. The molecule has 2 heterocycles. The van der Waals surface area contributed by atoms with Crippen LogP contribution in [-0.4, -0.2) is 32.1 Å². The van der Waals surface area contributed by atoms with Gasteiger partial charge in [0.1, 0.15) is 17.4 Å². The fourth-order valence-electron chi connectivity index (χ4n) is 5.45. The number of hydrogen-bond acceptors (Lipinski definition) is 6. The second-order valence-electron chi connectivity index (χ2n) is 10.9. The zero-order valence-corrected chi connectivity index (χ0v) is 23.8. The molecule has 7 nitrogen and oxygen atoms in total. The smallest absolute Gasteiger partial charge is 0.365 e. The number of anilines is 2. The third-order valence-corrected chi connectivity index (χ3v) is 8.05. The summed E-state index contributed by atoms with van der Waals surface area (Å²) < 4.78 is 56.0. The zero-order valence-electron chi connectivity index (χ0n) is 23.8. The molecule has 2 aromatic carbocycles. The van der Waals surface area contributed by atoms with Crippen LogP contribution in [-0.2, 0) is 12.7 Å². The molecular formula is C31H33F4N7. The van der Waals surface area contributed by atoms with Crippen LogP contribution in [0.15, 0.2) is 48.5 Å². The van der Waals surface area contributed by atoms with Gasteiger partial charge in [0.05, 0.1) is 18.2 Å². The minimum absolute atomic E-state index is 0.0308. The maximum Gasteiger partial charge on any atom is 0.416 e. The lowest BCUT2D eigenvalue weighted by atomic mass is 9.80. The maximum absolute atomic E-state index is 14.2. The number of halogens is 4. The number of alkyl halides is 3. The Morgan fingerprint density at radius 1 is 1.10 bits per heavy atom. The third kappa shape index (κ3) is 6.03. The zero-order chi connectivity index (χ0) is 30.0. The highest BCUT2D eigenvalue weighted by Crippen LogP contribution is 2.36. The highest BCUT2D eigenvalue weighted by molar-refractivity contribution is 5.86. The second-order valence-corrected chi connectivity index (χ2v) is 10.9. The van der Waals surface area contributed by atoms with Crippen molar-refractivity contribution >= 4 is 22.9 Å². The van der Waals surface area contributed by atoms with E-state index in [4.69, 9.17) is 4.98 Å². The topological polar surface area (TPSA) is 82.7 Å². The van der Waals surface area contributed by atoms with Crippen LogP contribution in [0.4, 0.5) is 29.3 Å². The summed E-state index contributed by atoms with van der Waals surface area (Å²) in [7, 11) is 0. The summed E-state index contributed by atoms with van der Waals surface area (Å²) >= 11 is 0. The van der Waals surface area contributed by atoms with E-state index >= 15 is 0 Å². The van der Waals surface area contributed by atoms with Gasteiger partial charge in [-0.15, -0.1) is 0 Å². The van der Waals surface area contributed by atoms with E-state index in [0.29, 0.717) is 41.0 Å². The number of aromatic nitrogens is 4. The number of imidazole rings is 1. The lowest BCUT2D eigenvalue weighted by molar-refractivity contribution is -0.137. The molecule has 1 fully saturated rings. The monoisotopic (exact) mass is 579 g/mol. The van der Waals surface area contributed by atoms with Crippen molar-refractivity contribution in [1.82, 2.24) is 19.5 Å². The van der Waals surface area contributed by atoms with Crippen molar-refractivity contribution in [2.75, 3.05) is 16.8 Å². The predicted octanol–water partition coefficient (Wildman–Crippen LogP) is 7.48. The van der Waals surface area contributed by atoms with Crippen LogP contribution in [0.2, 0.25) is 0 Å². The van der Waals surface area contributed by atoms with Crippen LogP contribution >= 0.6 is 0 Å². The first-order valence-corrected chi connectivity index (χ1v) is 14.2. The van der Waals surface area contributed by atoms with Crippen LogP contribution in [0.1, 0.15) is 75.0 Å². The average molecular weight is 580 g/mol. The molecule has 1 aliphatic rings. The van der Waals surface area contributed by atoms with Crippen molar-refractivity contribution in [2.24, 2.45) is 5.92 Å². The molecule has 0 saturated heterocycles. The Morgan fingerprint density at radius 2 is 1.83 bits per heavy atom. The number of nitrogens with one attached hydrogen (secondary N) is 1. The highest BCUT2D eigenvalue weighted by Gasteiger charge is 2.31. The molecule has 0 aliphatic heterocycles. The summed E-state index contributed by atoms with van der Waals surface area (Å²) in [5.41, 5.74) is 1.51. The first-order chi connectivity index (χ1) is 20.1. The molecule has 42 heavy (non-hydrogen) atoms. The molecule has 2 atom stereocenters. The van der Waals surface area contributed by atoms with Gasteiger partial charge in [0.25, 0.3) is 0 Å². The van der Waals surface area contributed by atoms with Crippen molar-refractivity contribution in [3.63, 3.8) is 0 Å². The number of fused-ring (bicyclic) bond motifs is 1. The van der Waals surface area contributed by atoms with E-state index in [1.165, 1.54) is 30.7 Å². The number of hydrogen-bond donors (Lipinski definition) is 1. The van der Waals surface area contributed by atoms with E-state index < -0.39 is 11.7 Å². The molecule has 11 heteroatoms. The maximum atomic E-state index is 14.2. The molecule has 4 aromatic rings. The Hall–Kier alpha value is -4.20. The van der Waals surface area contributed by atoms with E-state index in [9.17, 15) is 22.8 Å². The van der Waals surface area contributed by atoms with Crippen molar-refractivity contribution < 1.29 is 17.6 Å². The molecule has 1 saturated carbocycles. The fraction of sp³-hybridized carbons (Fsp3) is 0.419. The molecule has 1 aliphatic carbocycles. The SMILES string of the molecule is CCCN(c1nc2nc(C#N)nc(N[C@H](C)C3CCC3)c2n1Cc1ccc(C(F)(F)F)cc1)C(C)c1cccc(F)c1. The minimum Gasteiger partial charge on any atom is -0.365 e. The van der Waals surface area contributed by atoms with Crippen molar-refractivity contribution in [2.45, 2.75) is 71.3 Å². The van der Waals surface area contributed by atoms with Gasteiger partial charge < -0.3 is 14.8 Å². The van der Waals surface area contributed by atoms with Gasteiger partial charge in [-0.05, 0) is 74.4 Å². The molecule has 2 aromatic heterocycles. The molecular weight excluding hydrogens is 546 g/mol. The van der Waals surface area contributed by atoms with Crippen LogP contribution in [0, 0.1) is 23.1 Å². The summed E-state index contributed by atoms with van der Waals surface area (Å²) in [6.07, 6.45) is -0.334. The number of nitrogens with zero attached hydrogens (tertiary/aromatic N) is 6. The Bertz CT molecular complexity index is 1590. The summed E-state index contributed by atoms with van der Waals surface area (Å²) in [5.74, 6) is 1.05.